The van der Waals surface area contributed by atoms with Gasteiger partial charge in [-0.25, -0.2) is 4.98 Å². The zero-order valence-corrected chi connectivity index (χ0v) is 21.4. The van der Waals surface area contributed by atoms with Gasteiger partial charge in [0, 0.05) is 28.4 Å². The van der Waals surface area contributed by atoms with Gasteiger partial charge in [0.05, 0.1) is 18.9 Å². The lowest BCUT2D eigenvalue weighted by Crippen LogP contribution is -2.49. The van der Waals surface area contributed by atoms with Gasteiger partial charge in [-0.3, -0.25) is 14.4 Å². The molecule has 0 aliphatic rings. The number of aromatic nitrogens is 1. The summed E-state index contributed by atoms with van der Waals surface area (Å²) in [5.74, 6) is -0.634. The highest BCUT2D eigenvalue weighted by Crippen LogP contribution is 2.32. The van der Waals surface area contributed by atoms with Crippen LogP contribution in [0.4, 0.5) is 11.4 Å². The fourth-order valence-electron chi connectivity index (χ4n) is 3.45. The molecule has 0 atom stereocenters. The van der Waals surface area contributed by atoms with Crippen LogP contribution in [-0.2, 0) is 20.8 Å². The lowest BCUT2D eigenvalue weighted by atomic mass is 9.94. The standard InChI is InChI=1S/C27H32N4O5/c1-26(2,3)25(34)30-18-9-7-17(8-10-18)14-27(4,5)31-24(33)23(32)29-19-11-12-20(21(13-19)35-6)22-15-28-16-36-22/h7-13,15-16H,14H2,1-6H3,(H,29,32)(H,30,34)(H,31,33). The molecule has 0 bridgehead atoms. The Bertz CT molecular complexity index is 1230. The first-order chi connectivity index (χ1) is 16.9. The number of methoxy groups -OCH3 is 1. The molecule has 9 heteroatoms. The summed E-state index contributed by atoms with van der Waals surface area (Å²) in [5, 5.41) is 8.26. The van der Waals surface area contributed by atoms with Crippen LogP contribution >= 0.6 is 0 Å². The van der Waals surface area contributed by atoms with Crippen LogP contribution in [0.15, 0.2) is 59.5 Å². The van der Waals surface area contributed by atoms with Crippen LogP contribution in [0.3, 0.4) is 0 Å². The molecular weight excluding hydrogens is 460 g/mol. The van der Waals surface area contributed by atoms with Crippen molar-refractivity contribution in [1.82, 2.24) is 10.3 Å². The predicted molar refractivity (Wildman–Crippen MR) is 138 cm³/mol. The molecule has 9 nitrogen and oxygen atoms in total. The van der Waals surface area contributed by atoms with Crippen LogP contribution in [0.1, 0.15) is 40.2 Å². The number of hydrogen-bond acceptors (Lipinski definition) is 6. The molecule has 3 aromatic rings. The van der Waals surface area contributed by atoms with Crippen molar-refractivity contribution in [1.29, 1.82) is 0 Å². The minimum absolute atomic E-state index is 0.0703. The molecule has 0 aliphatic heterocycles. The van der Waals surface area contributed by atoms with E-state index in [0.717, 1.165) is 5.56 Å². The number of rotatable bonds is 7. The van der Waals surface area contributed by atoms with E-state index in [-0.39, 0.29) is 5.91 Å². The van der Waals surface area contributed by atoms with E-state index in [4.69, 9.17) is 9.15 Å². The van der Waals surface area contributed by atoms with E-state index in [1.807, 2.05) is 58.9 Å². The Morgan fingerprint density at radius 1 is 0.917 bits per heavy atom. The van der Waals surface area contributed by atoms with Gasteiger partial charge in [0.25, 0.3) is 0 Å². The fourth-order valence-corrected chi connectivity index (χ4v) is 3.45. The molecule has 0 saturated heterocycles. The van der Waals surface area contributed by atoms with E-state index < -0.39 is 22.8 Å². The van der Waals surface area contributed by atoms with E-state index in [1.54, 1.807) is 24.4 Å². The van der Waals surface area contributed by atoms with Crippen molar-refractivity contribution in [2.75, 3.05) is 17.7 Å². The quantitative estimate of drug-likeness (QED) is 0.420. The Kier molecular flexibility index (Phi) is 7.82. The van der Waals surface area contributed by atoms with E-state index in [0.29, 0.717) is 34.9 Å². The third kappa shape index (κ3) is 6.94. The first-order valence-electron chi connectivity index (χ1n) is 11.5. The number of oxazole rings is 1. The van der Waals surface area contributed by atoms with Crippen LogP contribution in [0, 0.1) is 5.41 Å². The molecule has 0 radical (unpaired) electrons. The normalized spacial score (nSPS) is 11.5. The first-order valence-corrected chi connectivity index (χ1v) is 11.5. The molecule has 3 N–H and O–H groups in total. The number of hydrogen-bond donors (Lipinski definition) is 3. The molecular formula is C27H32N4O5. The number of benzene rings is 2. The largest absolute Gasteiger partial charge is 0.496 e. The van der Waals surface area contributed by atoms with E-state index >= 15 is 0 Å². The minimum atomic E-state index is -0.794. The molecule has 36 heavy (non-hydrogen) atoms. The van der Waals surface area contributed by atoms with Gasteiger partial charge in [-0.05, 0) is 50.1 Å². The topological polar surface area (TPSA) is 123 Å². The molecule has 1 aromatic heterocycles. The summed E-state index contributed by atoms with van der Waals surface area (Å²) in [7, 11) is 1.50. The molecule has 2 aromatic carbocycles. The number of nitrogens with one attached hydrogen (secondary N) is 3. The Hall–Kier alpha value is -4.14. The van der Waals surface area contributed by atoms with Crippen molar-refractivity contribution in [3.8, 4) is 17.1 Å². The lowest BCUT2D eigenvalue weighted by Gasteiger charge is -2.26. The predicted octanol–water partition coefficient (Wildman–Crippen LogP) is 4.41. The van der Waals surface area contributed by atoms with Crippen LogP contribution in [0.5, 0.6) is 5.75 Å². The molecule has 1 heterocycles. The van der Waals surface area contributed by atoms with Gasteiger partial charge >= 0.3 is 11.8 Å². The molecule has 3 amide bonds. The zero-order chi connectivity index (χ0) is 26.5. The maximum atomic E-state index is 12.6. The van der Waals surface area contributed by atoms with Gasteiger partial charge in [-0.1, -0.05) is 32.9 Å². The molecule has 3 rings (SSSR count). The monoisotopic (exact) mass is 492 g/mol. The molecule has 0 unspecified atom stereocenters. The average Bonchev–Trinajstić information content (AvgIpc) is 3.33. The Labute approximate surface area is 210 Å². The minimum Gasteiger partial charge on any atom is -0.496 e. The lowest BCUT2D eigenvalue weighted by molar-refractivity contribution is -0.137. The summed E-state index contributed by atoms with van der Waals surface area (Å²) in [4.78, 5) is 41.2. The highest BCUT2D eigenvalue weighted by atomic mass is 16.5. The maximum absolute atomic E-state index is 12.6. The zero-order valence-electron chi connectivity index (χ0n) is 21.4. The Morgan fingerprint density at radius 3 is 2.17 bits per heavy atom. The van der Waals surface area contributed by atoms with Gasteiger partial charge in [-0.2, -0.15) is 0 Å². The summed E-state index contributed by atoms with van der Waals surface area (Å²) >= 11 is 0. The van der Waals surface area contributed by atoms with E-state index in [2.05, 4.69) is 20.9 Å². The third-order valence-corrected chi connectivity index (χ3v) is 5.35. The number of anilines is 2. The van der Waals surface area contributed by atoms with E-state index in [9.17, 15) is 14.4 Å². The van der Waals surface area contributed by atoms with Crippen molar-refractivity contribution in [2.24, 2.45) is 5.41 Å². The molecule has 0 aliphatic carbocycles. The highest BCUT2D eigenvalue weighted by Gasteiger charge is 2.26. The third-order valence-electron chi connectivity index (χ3n) is 5.35. The molecule has 0 spiro atoms. The number of carbonyl (C=O) groups excluding carboxylic acids is 3. The van der Waals surface area contributed by atoms with Gasteiger partial charge in [0.2, 0.25) is 5.91 Å². The second-order valence-electron chi connectivity index (χ2n) is 10.2. The summed E-state index contributed by atoms with van der Waals surface area (Å²) in [6.07, 6.45) is 3.36. The van der Waals surface area contributed by atoms with Crippen molar-refractivity contribution in [3.63, 3.8) is 0 Å². The van der Waals surface area contributed by atoms with Crippen LogP contribution in [-0.4, -0.2) is 35.4 Å². The van der Waals surface area contributed by atoms with Crippen molar-refractivity contribution < 1.29 is 23.5 Å². The number of nitrogens with zero attached hydrogens (tertiary/aromatic N) is 1. The second kappa shape index (κ2) is 10.6. The van der Waals surface area contributed by atoms with Gasteiger partial charge in [-0.15, -0.1) is 0 Å². The van der Waals surface area contributed by atoms with Crippen LogP contribution in [0.2, 0.25) is 0 Å². The summed E-state index contributed by atoms with van der Waals surface area (Å²) in [6, 6.07) is 12.4. The van der Waals surface area contributed by atoms with Crippen molar-refractivity contribution in [3.05, 3.63) is 60.6 Å². The smallest absolute Gasteiger partial charge is 0.313 e. The fraction of sp³-hybridized carbons (Fsp3) is 0.333. The van der Waals surface area contributed by atoms with Gasteiger partial charge in [0.1, 0.15) is 5.75 Å². The number of amides is 3. The summed E-state index contributed by atoms with van der Waals surface area (Å²) in [6.45, 7) is 9.22. The van der Waals surface area contributed by atoms with Crippen LogP contribution < -0.4 is 20.7 Å². The second-order valence-corrected chi connectivity index (χ2v) is 10.2. The molecule has 0 saturated carbocycles. The maximum Gasteiger partial charge on any atom is 0.313 e. The molecule has 0 fully saturated rings. The van der Waals surface area contributed by atoms with Gasteiger partial charge < -0.3 is 25.1 Å². The highest BCUT2D eigenvalue weighted by molar-refractivity contribution is 6.39. The van der Waals surface area contributed by atoms with Gasteiger partial charge in [0.15, 0.2) is 12.2 Å². The molecule has 190 valence electrons. The number of carbonyl (C=O) groups is 3. The first kappa shape index (κ1) is 26.5. The average molecular weight is 493 g/mol. The van der Waals surface area contributed by atoms with Crippen LogP contribution in [0.25, 0.3) is 11.3 Å². The summed E-state index contributed by atoms with van der Waals surface area (Å²) in [5.41, 5.74) is 1.53. The Morgan fingerprint density at radius 2 is 1.58 bits per heavy atom. The SMILES string of the molecule is COc1cc(NC(=O)C(=O)NC(C)(C)Cc2ccc(NC(=O)C(C)(C)C)cc2)ccc1-c1cnco1. The van der Waals surface area contributed by atoms with Crippen molar-refractivity contribution in [2.45, 2.75) is 46.6 Å². The number of ether oxygens (including phenoxy) is 1. The van der Waals surface area contributed by atoms with Crippen molar-refractivity contribution >= 4 is 29.1 Å². The Balaban J connectivity index is 1.59. The summed E-state index contributed by atoms with van der Waals surface area (Å²) < 4.78 is 10.7. The van der Waals surface area contributed by atoms with E-state index in [1.165, 1.54) is 13.5 Å².